The molecule has 2 aromatic heterocycles. The van der Waals surface area contributed by atoms with Gasteiger partial charge < -0.3 is 14.5 Å². The molecule has 0 saturated carbocycles. The topological polar surface area (TPSA) is 69.5 Å². The third-order valence-corrected chi connectivity index (χ3v) is 4.51. The largest absolute Gasteiger partial charge is 0.502 e. The minimum atomic E-state index is -0.445. The average Bonchev–Trinajstić information content (AvgIpc) is 2.78. The van der Waals surface area contributed by atoms with Gasteiger partial charge in [0.15, 0.2) is 5.75 Å². The number of aromatic hydroxyl groups is 1. The molecule has 0 spiro atoms. The van der Waals surface area contributed by atoms with Crippen molar-refractivity contribution in [2.75, 3.05) is 6.54 Å². The summed E-state index contributed by atoms with van der Waals surface area (Å²) in [5, 5.41) is 10.2. The standard InChI is InChI=1S/C18H17FN2O3/c19-14-5-1-3-13-12-4-2-6-21(9-15(12)20-18(13)14)8-11-7-16(22)17(23)10-24-11/h1,3,5,7,10,20,23H,2,4,6,8-9H2. The lowest BCUT2D eigenvalue weighted by Gasteiger charge is -2.18. The number of H-pyrrole nitrogens is 1. The van der Waals surface area contributed by atoms with Gasteiger partial charge in [-0.05, 0) is 31.0 Å². The lowest BCUT2D eigenvalue weighted by Crippen LogP contribution is -2.23. The highest BCUT2D eigenvalue weighted by molar-refractivity contribution is 5.85. The normalized spacial score (nSPS) is 15.4. The Hall–Kier alpha value is -2.60. The first-order valence-corrected chi connectivity index (χ1v) is 7.93. The van der Waals surface area contributed by atoms with Gasteiger partial charge in [0, 0.05) is 23.7 Å². The summed E-state index contributed by atoms with van der Waals surface area (Å²) >= 11 is 0. The van der Waals surface area contributed by atoms with E-state index in [4.69, 9.17) is 4.42 Å². The van der Waals surface area contributed by atoms with E-state index in [-0.39, 0.29) is 11.6 Å². The third kappa shape index (κ3) is 2.59. The number of aromatic nitrogens is 1. The van der Waals surface area contributed by atoms with Gasteiger partial charge in [-0.15, -0.1) is 0 Å². The van der Waals surface area contributed by atoms with E-state index in [1.54, 1.807) is 6.07 Å². The average molecular weight is 328 g/mol. The van der Waals surface area contributed by atoms with E-state index in [9.17, 15) is 14.3 Å². The Morgan fingerprint density at radius 2 is 2.25 bits per heavy atom. The van der Waals surface area contributed by atoms with Crippen LogP contribution in [0.4, 0.5) is 4.39 Å². The van der Waals surface area contributed by atoms with Crippen LogP contribution in [-0.2, 0) is 19.5 Å². The van der Waals surface area contributed by atoms with Gasteiger partial charge in [-0.1, -0.05) is 12.1 Å². The molecule has 5 nitrogen and oxygen atoms in total. The first-order chi connectivity index (χ1) is 11.6. The molecule has 0 bridgehead atoms. The van der Waals surface area contributed by atoms with Crippen LogP contribution in [0.15, 0.2) is 39.7 Å². The summed E-state index contributed by atoms with van der Waals surface area (Å²) in [6.07, 6.45) is 2.90. The van der Waals surface area contributed by atoms with Crippen LogP contribution >= 0.6 is 0 Å². The fourth-order valence-corrected chi connectivity index (χ4v) is 3.38. The molecule has 0 fully saturated rings. The molecule has 0 saturated heterocycles. The number of nitrogens with one attached hydrogen (secondary N) is 1. The van der Waals surface area contributed by atoms with Crippen LogP contribution in [0, 0.1) is 5.82 Å². The molecule has 3 heterocycles. The second-order valence-electron chi connectivity index (χ2n) is 6.15. The molecular formula is C18H17FN2O3. The Kier molecular flexibility index (Phi) is 3.61. The van der Waals surface area contributed by atoms with Gasteiger partial charge in [0.05, 0.1) is 12.1 Å². The highest BCUT2D eigenvalue weighted by atomic mass is 19.1. The van der Waals surface area contributed by atoms with Crippen molar-refractivity contribution in [1.29, 1.82) is 0 Å². The van der Waals surface area contributed by atoms with Crippen LogP contribution in [0.5, 0.6) is 5.75 Å². The summed E-state index contributed by atoms with van der Waals surface area (Å²) < 4.78 is 19.3. The molecule has 2 N–H and O–H groups in total. The van der Waals surface area contributed by atoms with Gasteiger partial charge in [0.25, 0.3) is 0 Å². The quantitative estimate of drug-likeness (QED) is 0.759. The SMILES string of the molecule is O=c1cc(CN2CCCc3c([nH]c4c(F)cccc34)C2)occ1O. The Morgan fingerprint density at radius 1 is 1.38 bits per heavy atom. The van der Waals surface area contributed by atoms with E-state index in [2.05, 4.69) is 9.88 Å². The van der Waals surface area contributed by atoms with Crippen molar-refractivity contribution in [3.63, 3.8) is 0 Å². The lowest BCUT2D eigenvalue weighted by atomic mass is 10.1. The predicted molar refractivity (Wildman–Crippen MR) is 87.3 cm³/mol. The van der Waals surface area contributed by atoms with Crippen molar-refractivity contribution in [2.24, 2.45) is 0 Å². The highest BCUT2D eigenvalue weighted by Gasteiger charge is 2.20. The number of para-hydroxylation sites is 1. The second kappa shape index (κ2) is 5.79. The van der Waals surface area contributed by atoms with Gasteiger partial charge in [-0.2, -0.15) is 0 Å². The molecule has 0 unspecified atom stereocenters. The number of hydrogen-bond acceptors (Lipinski definition) is 4. The van der Waals surface area contributed by atoms with E-state index >= 15 is 0 Å². The number of hydrogen-bond donors (Lipinski definition) is 2. The molecule has 3 aromatic rings. The zero-order valence-electron chi connectivity index (χ0n) is 13.0. The van der Waals surface area contributed by atoms with Crippen LogP contribution in [-0.4, -0.2) is 21.5 Å². The molecule has 6 heteroatoms. The van der Waals surface area contributed by atoms with Crippen molar-refractivity contribution >= 4 is 10.9 Å². The number of aryl methyl sites for hydroxylation is 1. The van der Waals surface area contributed by atoms with Gasteiger partial charge in [-0.3, -0.25) is 9.69 Å². The van der Waals surface area contributed by atoms with Crippen molar-refractivity contribution in [2.45, 2.75) is 25.9 Å². The minimum absolute atomic E-state index is 0.239. The summed E-state index contributed by atoms with van der Waals surface area (Å²) in [4.78, 5) is 16.9. The van der Waals surface area contributed by atoms with E-state index < -0.39 is 5.43 Å². The highest BCUT2D eigenvalue weighted by Crippen LogP contribution is 2.29. The Labute approximate surface area is 137 Å². The van der Waals surface area contributed by atoms with Gasteiger partial charge in [0.2, 0.25) is 5.43 Å². The number of aromatic amines is 1. The van der Waals surface area contributed by atoms with Crippen LogP contribution in [0.3, 0.4) is 0 Å². The monoisotopic (exact) mass is 328 g/mol. The molecular weight excluding hydrogens is 311 g/mol. The zero-order valence-corrected chi connectivity index (χ0v) is 13.0. The van der Waals surface area contributed by atoms with Crippen molar-refractivity contribution in [3.8, 4) is 5.75 Å². The second-order valence-corrected chi connectivity index (χ2v) is 6.15. The zero-order chi connectivity index (χ0) is 16.7. The molecule has 0 amide bonds. The molecule has 1 aliphatic heterocycles. The summed E-state index contributed by atoms with van der Waals surface area (Å²) in [5.41, 5.74) is 2.29. The number of rotatable bonds is 2. The number of halogens is 1. The molecule has 0 atom stereocenters. The number of fused-ring (bicyclic) bond motifs is 3. The first kappa shape index (κ1) is 15.0. The van der Waals surface area contributed by atoms with E-state index in [1.807, 2.05) is 6.07 Å². The van der Waals surface area contributed by atoms with E-state index in [0.717, 1.165) is 36.7 Å². The first-order valence-electron chi connectivity index (χ1n) is 7.93. The van der Waals surface area contributed by atoms with E-state index in [1.165, 1.54) is 17.7 Å². The van der Waals surface area contributed by atoms with Crippen LogP contribution < -0.4 is 5.43 Å². The Balaban J connectivity index is 1.64. The van der Waals surface area contributed by atoms with E-state index in [0.29, 0.717) is 24.4 Å². The molecule has 0 aliphatic carbocycles. The Bertz CT molecular complexity index is 961. The maximum Gasteiger partial charge on any atom is 0.226 e. The maximum absolute atomic E-state index is 14.0. The van der Waals surface area contributed by atoms with Gasteiger partial charge in [0.1, 0.15) is 17.8 Å². The van der Waals surface area contributed by atoms with Gasteiger partial charge >= 0.3 is 0 Å². The minimum Gasteiger partial charge on any atom is -0.502 e. The van der Waals surface area contributed by atoms with Crippen LogP contribution in [0.2, 0.25) is 0 Å². The molecule has 124 valence electrons. The number of benzene rings is 1. The van der Waals surface area contributed by atoms with Crippen molar-refractivity contribution in [1.82, 2.24) is 9.88 Å². The van der Waals surface area contributed by atoms with Crippen molar-refractivity contribution < 1.29 is 13.9 Å². The van der Waals surface area contributed by atoms with Gasteiger partial charge in [-0.25, -0.2) is 4.39 Å². The summed E-state index contributed by atoms with van der Waals surface area (Å²) in [6, 6.07) is 6.45. The summed E-state index contributed by atoms with van der Waals surface area (Å²) in [7, 11) is 0. The number of nitrogens with zero attached hydrogens (tertiary/aromatic N) is 1. The molecule has 1 aliphatic rings. The fourth-order valence-electron chi connectivity index (χ4n) is 3.38. The van der Waals surface area contributed by atoms with Crippen LogP contribution in [0.25, 0.3) is 10.9 Å². The molecule has 0 radical (unpaired) electrons. The third-order valence-electron chi connectivity index (χ3n) is 4.51. The molecule has 1 aromatic carbocycles. The smallest absolute Gasteiger partial charge is 0.226 e. The van der Waals surface area contributed by atoms with Crippen molar-refractivity contribution in [3.05, 3.63) is 63.6 Å². The summed E-state index contributed by atoms with van der Waals surface area (Å²) in [6.45, 7) is 1.95. The maximum atomic E-state index is 14.0. The molecule has 24 heavy (non-hydrogen) atoms. The summed E-state index contributed by atoms with van der Waals surface area (Å²) in [5.74, 6) is -0.122. The predicted octanol–water partition coefficient (Wildman–Crippen LogP) is 2.91. The lowest BCUT2D eigenvalue weighted by molar-refractivity contribution is 0.233. The molecule has 4 rings (SSSR count). The Morgan fingerprint density at radius 3 is 3.08 bits per heavy atom. The van der Waals surface area contributed by atoms with Crippen LogP contribution in [0.1, 0.15) is 23.4 Å². The fraction of sp³-hybridized carbons (Fsp3) is 0.278.